The Hall–Kier alpha value is -2.81. The van der Waals surface area contributed by atoms with Crippen molar-refractivity contribution in [3.8, 4) is 12.3 Å². The number of amides is 1. The van der Waals surface area contributed by atoms with E-state index in [0.717, 1.165) is 12.8 Å². The zero-order chi connectivity index (χ0) is 16.1. The summed E-state index contributed by atoms with van der Waals surface area (Å²) in [6.07, 6.45) is 10.5. The molecule has 0 aliphatic rings. The second-order valence-electron chi connectivity index (χ2n) is 4.97. The van der Waals surface area contributed by atoms with Crippen molar-refractivity contribution in [3.05, 3.63) is 30.6 Å². The molecule has 0 saturated carbocycles. The summed E-state index contributed by atoms with van der Waals surface area (Å²) in [5.74, 6) is 2.18. The number of fused-ring (bicyclic) bond motifs is 1. The molecule has 0 aliphatic heterocycles. The van der Waals surface area contributed by atoms with E-state index in [-0.39, 0.29) is 18.1 Å². The molecule has 22 heavy (non-hydrogen) atoms. The van der Waals surface area contributed by atoms with E-state index in [1.54, 1.807) is 24.0 Å². The summed E-state index contributed by atoms with van der Waals surface area (Å²) in [4.78, 5) is 18.2. The molecule has 0 fully saturated rings. The van der Waals surface area contributed by atoms with Crippen LogP contribution in [0.3, 0.4) is 0 Å². The van der Waals surface area contributed by atoms with E-state index in [1.807, 2.05) is 6.08 Å². The average Bonchev–Trinajstić information content (AvgIpc) is 2.87. The SMILES string of the molecule is C#CCN(C)C(=O)c1nn(CCCC=C)c2nccc(N)c12. The normalized spacial score (nSPS) is 10.4. The van der Waals surface area contributed by atoms with Crippen molar-refractivity contribution in [2.24, 2.45) is 0 Å². The van der Waals surface area contributed by atoms with Gasteiger partial charge >= 0.3 is 0 Å². The Morgan fingerprint density at radius 3 is 3.09 bits per heavy atom. The van der Waals surface area contributed by atoms with Crippen molar-refractivity contribution < 1.29 is 4.79 Å². The third kappa shape index (κ3) is 2.93. The van der Waals surface area contributed by atoms with Gasteiger partial charge < -0.3 is 10.6 Å². The highest BCUT2D eigenvalue weighted by Gasteiger charge is 2.22. The molecule has 2 heterocycles. The quantitative estimate of drug-likeness (QED) is 0.500. The first-order valence-electron chi connectivity index (χ1n) is 7.01. The predicted molar refractivity (Wildman–Crippen MR) is 87.2 cm³/mol. The van der Waals surface area contributed by atoms with E-state index >= 15 is 0 Å². The summed E-state index contributed by atoms with van der Waals surface area (Å²) in [6, 6.07) is 1.66. The minimum atomic E-state index is -0.259. The summed E-state index contributed by atoms with van der Waals surface area (Å²) in [5, 5.41) is 4.98. The smallest absolute Gasteiger partial charge is 0.275 e. The summed E-state index contributed by atoms with van der Waals surface area (Å²) in [7, 11) is 1.64. The lowest BCUT2D eigenvalue weighted by Gasteiger charge is -2.12. The third-order valence-corrected chi connectivity index (χ3v) is 3.32. The van der Waals surface area contributed by atoms with Crippen molar-refractivity contribution in [1.82, 2.24) is 19.7 Å². The van der Waals surface area contributed by atoms with Crippen LogP contribution in [0.25, 0.3) is 11.0 Å². The summed E-state index contributed by atoms with van der Waals surface area (Å²) in [5.41, 5.74) is 7.40. The molecule has 0 aliphatic carbocycles. The maximum Gasteiger partial charge on any atom is 0.275 e. The Morgan fingerprint density at radius 1 is 1.64 bits per heavy atom. The highest BCUT2D eigenvalue weighted by Crippen LogP contribution is 2.24. The van der Waals surface area contributed by atoms with Gasteiger partial charge in [-0.15, -0.1) is 13.0 Å². The molecule has 2 rings (SSSR count). The topological polar surface area (TPSA) is 77.0 Å². The number of hydrogen-bond acceptors (Lipinski definition) is 4. The molecule has 6 heteroatoms. The van der Waals surface area contributed by atoms with Crippen molar-refractivity contribution in [1.29, 1.82) is 0 Å². The number of aromatic nitrogens is 3. The van der Waals surface area contributed by atoms with E-state index < -0.39 is 0 Å². The fraction of sp³-hybridized carbons (Fsp3) is 0.312. The van der Waals surface area contributed by atoms with E-state index in [9.17, 15) is 4.79 Å². The van der Waals surface area contributed by atoms with E-state index in [4.69, 9.17) is 12.2 Å². The van der Waals surface area contributed by atoms with Gasteiger partial charge in [-0.25, -0.2) is 9.67 Å². The molecule has 2 aromatic heterocycles. The number of nitrogens with zero attached hydrogens (tertiary/aromatic N) is 4. The van der Waals surface area contributed by atoms with E-state index in [2.05, 4.69) is 22.6 Å². The number of nitrogen functional groups attached to an aromatic ring is 1. The molecule has 0 bridgehead atoms. The second kappa shape index (κ2) is 6.76. The van der Waals surface area contributed by atoms with Crippen LogP contribution in [0, 0.1) is 12.3 Å². The van der Waals surface area contributed by atoms with Gasteiger partial charge in [0.05, 0.1) is 11.9 Å². The standard InChI is InChI=1S/C16H19N5O/c1-4-6-7-11-21-15-13(12(17)8-9-18-15)14(19-21)16(22)20(3)10-5-2/h2,4,8-9H,1,6-7,10-11H2,3H3,(H2,17,18). The van der Waals surface area contributed by atoms with Gasteiger partial charge in [0.2, 0.25) is 0 Å². The van der Waals surface area contributed by atoms with Gasteiger partial charge in [0.25, 0.3) is 5.91 Å². The number of rotatable bonds is 6. The Kier molecular flexibility index (Phi) is 4.79. The number of terminal acetylenes is 1. The molecule has 0 aromatic carbocycles. The number of carbonyl (C=O) groups is 1. The number of unbranched alkanes of at least 4 members (excludes halogenated alkanes) is 1. The van der Waals surface area contributed by atoms with Crippen LogP contribution >= 0.6 is 0 Å². The van der Waals surface area contributed by atoms with Crippen LogP contribution in [0.4, 0.5) is 5.69 Å². The molecular formula is C16H19N5O. The zero-order valence-corrected chi connectivity index (χ0v) is 12.6. The number of aryl methyl sites for hydroxylation is 1. The van der Waals surface area contributed by atoms with Gasteiger partial charge in [-0.1, -0.05) is 12.0 Å². The van der Waals surface area contributed by atoms with Crippen molar-refractivity contribution in [2.45, 2.75) is 19.4 Å². The molecule has 2 N–H and O–H groups in total. The molecule has 1 amide bonds. The maximum atomic E-state index is 12.5. The fourth-order valence-electron chi connectivity index (χ4n) is 2.20. The Morgan fingerprint density at radius 2 is 2.41 bits per heavy atom. The number of pyridine rings is 1. The molecule has 2 aromatic rings. The average molecular weight is 297 g/mol. The highest BCUT2D eigenvalue weighted by atomic mass is 16.2. The third-order valence-electron chi connectivity index (χ3n) is 3.32. The molecule has 0 spiro atoms. The summed E-state index contributed by atoms with van der Waals surface area (Å²) >= 11 is 0. The molecule has 6 nitrogen and oxygen atoms in total. The van der Waals surface area contributed by atoms with Gasteiger partial charge in [-0.05, 0) is 18.9 Å². The molecule has 114 valence electrons. The minimum absolute atomic E-state index is 0.212. The largest absolute Gasteiger partial charge is 0.398 e. The van der Waals surface area contributed by atoms with Gasteiger partial charge in [0, 0.05) is 25.5 Å². The number of allylic oxidation sites excluding steroid dienone is 1. The number of nitrogens with two attached hydrogens (primary N) is 1. The van der Waals surface area contributed by atoms with Gasteiger partial charge in [-0.2, -0.15) is 5.10 Å². The van der Waals surface area contributed by atoms with Gasteiger partial charge in [0.1, 0.15) is 0 Å². The van der Waals surface area contributed by atoms with E-state index in [0.29, 0.717) is 23.3 Å². The predicted octanol–water partition coefficient (Wildman–Crippen LogP) is 1.68. The lowest BCUT2D eigenvalue weighted by Crippen LogP contribution is -2.27. The van der Waals surface area contributed by atoms with Crippen LogP contribution in [-0.4, -0.2) is 39.2 Å². The first kappa shape index (κ1) is 15.6. The van der Waals surface area contributed by atoms with Crippen LogP contribution in [0.5, 0.6) is 0 Å². The summed E-state index contributed by atoms with van der Waals surface area (Å²) < 4.78 is 1.71. The summed E-state index contributed by atoms with van der Waals surface area (Å²) in [6.45, 7) is 4.56. The molecular weight excluding hydrogens is 278 g/mol. The lowest BCUT2D eigenvalue weighted by molar-refractivity contribution is 0.0807. The van der Waals surface area contributed by atoms with Crippen molar-refractivity contribution >= 4 is 22.6 Å². The minimum Gasteiger partial charge on any atom is -0.398 e. The number of carbonyl (C=O) groups excluding carboxylic acids is 1. The molecule has 0 atom stereocenters. The number of anilines is 1. The van der Waals surface area contributed by atoms with Crippen molar-refractivity contribution in [3.63, 3.8) is 0 Å². The number of hydrogen-bond donors (Lipinski definition) is 1. The fourth-order valence-corrected chi connectivity index (χ4v) is 2.20. The Labute approximate surface area is 129 Å². The van der Waals surface area contributed by atoms with Crippen LogP contribution in [0.2, 0.25) is 0 Å². The molecule has 0 radical (unpaired) electrons. The van der Waals surface area contributed by atoms with Crippen LogP contribution in [-0.2, 0) is 6.54 Å². The Balaban J connectivity index is 2.47. The van der Waals surface area contributed by atoms with Gasteiger partial charge in [0.15, 0.2) is 11.3 Å². The Bertz CT molecular complexity index is 741. The molecule has 0 unspecified atom stereocenters. The lowest BCUT2D eigenvalue weighted by atomic mass is 10.2. The second-order valence-corrected chi connectivity index (χ2v) is 4.97. The monoisotopic (exact) mass is 297 g/mol. The van der Waals surface area contributed by atoms with Gasteiger partial charge in [-0.3, -0.25) is 4.79 Å². The maximum absolute atomic E-state index is 12.5. The molecule has 0 saturated heterocycles. The highest BCUT2D eigenvalue weighted by molar-refractivity contribution is 6.08. The van der Waals surface area contributed by atoms with Crippen LogP contribution < -0.4 is 5.73 Å². The first-order chi connectivity index (χ1) is 10.6. The van der Waals surface area contributed by atoms with Crippen LogP contribution in [0.15, 0.2) is 24.9 Å². The van der Waals surface area contributed by atoms with Crippen molar-refractivity contribution in [2.75, 3.05) is 19.3 Å². The van der Waals surface area contributed by atoms with E-state index in [1.165, 1.54) is 4.90 Å². The zero-order valence-electron chi connectivity index (χ0n) is 12.6. The van der Waals surface area contributed by atoms with Crippen LogP contribution in [0.1, 0.15) is 23.3 Å². The first-order valence-corrected chi connectivity index (χ1v) is 7.01.